The third-order valence-corrected chi connectivity index (χ3v) is 23.2. The van der Waals surface area contributed by atoms with Crippen LogP contribution in [0, 0.1) is 72.1 Å². The van der Waals surface area contributed by atoms with Gasteiger partial charge in [-0.2, -0.15) is 0 Å². The van der Waals surface area contributed by atoms with Gasteiger partial charge in [-0.25, -0.2) is 74.8 Å². The van der Waals surface area contributed by atoms with Crippen LogP contribution in [0.3, 0.4) is 0 Å². The number of hydrogen-bond donors (Lipinski definition) is 4. The Morgan fingerprint density at radius 1 is 0.516 bits per heavy atom. The van der Waals surface area contributed by atoms with Crippen LogP contribution < -0.4 is 22.1 Å². The number of aliphatic imine (C=N–C) groups is 1. The van der Waals surface area contributed by atoms with Gasteiger partial charge < -0.3 is 54.2 Å². The van der Waals surface area contributed by atoms with Crippen LogP contribution in [-0.2, 0) is 37.1 Å². The number of nitrogens with two attached hydrogens (primary N) is 2. The number of nitrogen functional groups attached to an aromatic ring is 1. The molecule has 0 amide bonds. The lowest BCUT2D eigenvalue weighted by molar-refractivity contribution is -0.385. The third-order valence-electron chi connectivity index (χ3n) is 21.5. The third kappa shape index (κ3) is 21.1. The van der Waals surface area contributed by atoms with Crippen molar-refractivity contribution in [3.8, 4) is 22.8 Å². The highest BCUT2D eigenvalue weighted by Crippen LogP contribution is 2.39. The fourth-order valence-corrected chi connectivity index (χ4v) is 17.1. The monoisotopic (exact) mass is 1910 g/mol. The number of nitro groups is 3. The minimum Gasteiger partial charge on any atom is -0.486 e. The van der Waals surface area contributed by atoms with Crippen molar-refractivity contribution in [3.05, 3.63) is 199 Å². The standard InChI is InChI=1S/2C23H29N9.C11H13N3O2.C11H19N3.C9H9IN2O3.C7H7IN2O2.ClH/c2*1-6-31-22(16-9-24-15(5)25-10-16)30-20-21(26-11-27-23(20)31)29-17-7-14(4)19-18(8-17)32(12-28-19)13(2)3;1-7(2)13-6-12-11-8(3)4-9(14(15)16)5-10(11)13;1-7(2)14-6-13-11-8(3)4-9(12)5-10(11)14;1-6-3-7(12(13)14)4-8(10)9(6)11-5-15-2;1-4-2-5(10(11)12)3-6(8)7(4)9;/h2*9-14,17H,6-8H2,1-5H3,(H,26,27,29);4-7H,1-3H3;6-9H,4-5,12H2,1-3H3;3-5H,1-2H3;2-3H,9H2,1H3;1H. The fourth-order valence-electron chi connectivity index (χ4n) is 15.5. The second-order valence-electron chi connectivity index (χ2n) is 31.8. The molecule has 38 heteroatoms. The fraction of sp³-hybridized carbons (Fsp3) is 0.440. The summed E-state index contributed by atoms with van der Waals surface area (Å²) in [5.41, 5.74) is 29.9. The Kier molecular flexibility index (Phi) is 31.0. The maximum atomic E-state index is 10.8. The molecule has 3 aromatic carbocycles. The molecule has 0 spiro atoms. The van der Waals surface area contributed by atoms with Crippen LogP contribution in [0.2, 0.25) is 0 Å². The second kappa shape index (κ2) is 40.7. The van der Waals surface area contributed by atoms with E-state index in [1.807, 2.05) is 128 Å². The minimum absolute atomic E-state index is 0. The van der Waals surface area contributed by atoms with Crippen molar-refractivity contribution in [3.63, 3.8) is 0 Å². The molecule has 0 fully saturated rings. The Bertz CT molecular complexity index is 5610. The minimum atomic E-state index is -0.422. The molecular weight excluding hydrogens is 1800 g/mol. The lowest BCUT2D eigenvalue weighted by Crippen LogP contribution is -2.31. The summed E-state index contributed by atoms with van der Waals surface area (Å²) in [4.78, 5) is 98.2. The summed E-state index contributed by atoms with van der Waals surface area (Å²) >= 11 is 3.99. The molecule has 0 saturated carbocycles. The number of ether oxygens (including phenoxy) is 1. The van der Waals surface area contributed by atoms with Gasteiger partial charge in [0.1, 0.15) is 36.0 Å². The predicted octanol–water partition coefficient (Wildman–Crippen LogP) is 17.8. The summed E-state index contributed by atoms with van der Waals surface area (Å²) in [6.45, 7) is 38.7. The van der Waals surface area contributed by atoms with Crippen LogP contribution in [-0.4, -0.2) is 144 Å². The number of benzene rings is 3. The van der Waals surface area contributed by atoms with Crippen molar-refractivity contribution in [2.45, 2.75) is 236 Å². The van der Waals surface area contributed by atoms with Crippen LogP contribution in [0.1, 0.15) is 214 Å². The molecule has 0 aliphatic heterocycles. The summed E-state index contributed by atoms with van der Waals surface area (Å²) in [6.07, 6.45) is 25.3. The maximum absolute atomic E-state index is 10.8. The Labute approximate surface area is 741 Å². The molecule has 13 aromatic rings. The topological polar surface area (TPSA) is 437 Å². The number of imidazole rings is 6. The van der Waals surface area contributed by atoms with E-state index in [1.165, 1.54) is 71.9 Å². The summed E-state index contributed by atoms with van der Waals surface area (Å²) in [5, 5.41) is 39.1. The van der Waals surface area contributed by atoms with Gasteiger partial charge in [0.15, 0.2) is 40.4 Å². The van der Waals surface area contributed by atoms with E-state index in [0.717, 1.165) is 155 Å². The number of non-ortho nitro benzene ring substituents is 3. The first-order valence-corrected chi connectivity index (χ1v) is 42.5. The Morgan fingerprint density at radius 3 is 1.30 bits per heavy atom. The number of aromatic nitrogens is 20. The highest BCUT2D eigenvalue weighted by atomic mass is 127. The molecule has 3 aliphatic carbocycles. The number of aryl methyl sites for hydroxylation is 7. The van der Waals surface area contributed by atoms with Gasteiger partial charge in [-0.3, -0.25) is 30.3 Å². The van der Waals surface area contributed by atoms with Crippen LogP contribution in [0.5, 0.6) is 0 Å². The van der Waals surface area contributed by atoms with Crippen molar-refractivity contribution in [1.29, 1.82) is 0 Å². The lowest BCUT2D eigenvalue weighted by atomic mass is 9.87. The number of nitro benzene ring substituents is 3. The summed E-state index contributed by atoms with van der Waals surface area (Å²) in [6, 6.07) is 11.4. The van der Waals surface area contributed by atoms with E-state index in [1.54, 1.807) is 45.0 Å². The van der Waals surface area contributed by atoms with Gasteiger partial charge in [0.25, 0.3) is 17.1 Å². The number of anilines is 3. The zero-order chi connectivity index (χ0) is 87.7. The lowest BCUT2D eigenvalue weighted by Gasteiger charge is -2.29. The highest BCUT2D eigenvalue weighted by Gasteiger charge is 2.33. The normalized spacial score (nSPS) is 16.4. The number of halogens is 3. The Morgan fingerprint density at radius 2 is 0.902 bits per heavy atom. The predicted molar refractivity (Wildman–Crippen MR) is 494 cm³/mol. The van der Waals surface area contributed by atoms with E-state index in [2.05, 4.69) is 164 Å². The summed E-state index contributed by atoms with van der Waals surface area (Å²) < 4.78 is 19.1. The van der Waals surface area contributed by atoms with Crippen LogP contribution in [0.15, 0.2) is 104 Å². The van der Waals surface area contributed by atoms with E-state index < -0.39 is 9.85 Å². The molecule has 122 heavy (non-hydrogen) atoms. The molecular formula is C84H107ClI2N28O7. The first-order chi connectivity index (χ1) is 57.6. The van der Waals surface area contributed by atoms with Crippen molar-refractivity contribution in [2.24, 2.45) is 10.7 Å². The van der Waals surface area contributed by atoms with E-state index in [9.17, 15) is 30.3 Å². The molecule has 0 radical (unpaired) electrons. The summed E-state index contributed by atoms with van der Waals surface area (Å²) in [7, 11) is 1.50. The van der Waals surface area contributed by atoms with Gasteiger partial charge in [-0.05, 0) is 185 Å². The van der Waals surface area contributed by atoms with E-state index >= 15 is 0 Å². The quantitative estimate of drug-likeness (QED) is 0.0164. The molecule has 6 N–H and O–H groups in total. The Hall–Kier alpha value is -11.2. The molecule has 6 unspecified atom stereocenters. The molecule has 0 bridgehead atoms. The van der Waals surface area contributed by atoms with E-state index in [0.29, 0.717) is 53.3 Å². The number of nitrogens with one attached hydrogen (secondary N) is 2. The molecule has 3 aliphatic rings. The number of nitrogens with zero attached hydrogens (tertiary/aromatic N) is 24. The van der Waals surface area contributed by atoms with Gasteiger partial charge in [0, 0.05) is 183 Å². The molecule has 35 nitrogen and oxygen atoms in total. The number of fused-ring (bicyclic) bond motifs is 6. The van der Waals surface area contributed by atoms with Gasteiger partial charge in [-0.1, -0.05) is 20.8 Å². The average molecular weight is 1910 g/mol. The van der Waals surface area contributed by atoms with Crippen molar-refractivity contribution in [2.75, 3.05) is 23.5 Å². The second-order valence-corrected chi connectivity index (χ2v) is 34.1. The van der Waals surface area contributed by atoms with Gasteiger partial charge in [0.2, 0.25) is 0 Å². The van der Waals surface area contributed by atoms with Crippen molar-refractivity contribution >= 4 is 137 Å². The van der Waals surface area contributed by atoms with Crippen LogP contribution in [0.25, 0.3) is 56.1 Å². The first kappa shape index (κ1) is 93.1. The zero-order valence-electron chi connectivity index (χ0n) is 72.2. The highest BCUT2D eigenvalue weighted by molar-refractivity contribution is 14.1. The van der Waals surface area contributed by atoms with Crippen molar-refractivity contribution < 1.29 is 19.5 Å². The summed E-state index contributed by atoms with van der Waals surface area (Å²) in [5.74, 6) is 5.94. The molecule has 16 rings (SSSR count). The molecule has 10 aromatic heterocycles. The molecule has 10 heterocycles. The SMILES string of the molecule is CC1CC(N)Cc2c1ncn2C(C)C.CCn1c(-c2cnc(C)nc2)nc2c(NC3Cc4c(ncn4C(C)C)C(C)C3)ncnc21.CCn1c(-c2cnc(C)nc2)nc2c(NC3Cc4c(ncn4C(C)C)C(C)C3)ncnc21.COC=Nc1c(C)cc([N+](=O)[O-])cc1I.Cc1cc([N+](=O)[O-])cc(I)c1N.Cc1cc([N+](=O)[O-])cc2c1ncn2C(C)C.Cl. The van der Waals surface area contributed by atoms with Crippen LogP contribution >= 0.6 is 57.6 Å². The zero-order valence-corrected chi connectivity index (χ0v) is 77.3. The first-order valence-electron chi connectivity index (χ1n) is 40.4. The Balaban J connectivity index is 0.000000161. The maximum Gasteiger partial charge on any atom is 0.271 e. The van der Waals surface area contributed by atoms with Crippen LogP contribution in [0.4, 0.5) is 40.1 Å². The molecule has 6 atom stereocenters. The molecule has 646 valence electrons. The largest absolute Gasteiger partial charge is 0.486 e. The number of methoxy groups -OCH3 is 1. The average Bonchev–Trinajstić information content (AvgIpc) is 1.62. The van der Waals surface area contributed by atoms with Gasteiger partial charge in [-0.15, -0.1) is 12.4 Å². The van der Waals surface area contributed by atoms with Gasteiger partial charge in [0.05, 0.1) is 92.1 Å². The van der Waals surface area contributed by atoms with E-state index in [-0.39, 0.29) is 52.5 Å². The number of rotatable bonds is 17. The van der Waals surface area contributed by atoms with Crippen molar-refractivity contribution in [1.82, 2.24) is 97.2 Å². The smallest absolute Gasteiger partial charge is 0.271 e. The number of hydrogen-bond acceptors (Lipinski definition) is 26. The van der Waals surface area contributed by atoms with Gasteiger partial charge >= 0.3 is 0 Å². The van der Waals surface area contributed by atoms with E-state index in [4.69, 9.17) is 36.1 Å². The molecule has 0 saturated heterocycles.